The van der Waals surface area contributed by atoms with Crippen LogP contribution in [0.3, 0.4) is 0 Å². The van der Waals surface area contributed by atoms with Gasteiger partial charge in [0.25, 0.3) is 0 Å². The van der Waals surface area contributed by atoms with Crippen LogP contribution in [0.4, 0.5) is 17.1 Å². The first-order chi connectivity index (χ1) is 22.3. The van der Waals surface area contributed by atoms with E-state index < -0.39 is 0 Å². The zero-order valence-corrected chi connectivity index (χ0v) is 25.2. The van der Waals surface area contributed by atoms with E-state index in [-0.39, 0.29) is 6.71 Å². The molecule has 5 heteroatoms. The number of benzene rings is 5. The predicted molar refractivity (Wildman–Crippen MR) is 192 cm³/mol. The highest BCUT2D eigenvalue weighted by molar-refractivity contribution is 7.25. The molecule has 0 aliphatic carbocycles. The topological polar surface area (TPSA) is 29.0 Å². The number of hydrogen-bond acceptors (Lipinski definition) is 4. The van der Waals surface area contributed by atoms with Crippen molar-refractivity contribution in [3.05, 3.63) is 158 Å². The van der Waals surface area contributed by atoms with E-state index in [1.54, 1.807) is 0 Å². The van der Waals surface area contributed by atoms with Gasteiger partial charge in [0, 0.05) is 49.6 Å². The molecule has 0 radical (unpaired) electrons. The number of nitrogens with zero attached hydrogens (tertiary/aromatic N) is 3. The normalized spacial score (nSPS) is 12.4. The van der Waals surface area contributed by atoms with Gasteiger partial charge >= 0.3 is 0 Å². The predicted octanol–water partition coefficient (Wildman–Crippen LogP) is 8.48. The molecule has 8 aromatic rings. The fourth-order valence-electron chi connectivity index (χ4n) is 6.82. The van der Waals surface area contributed by atoms with Crippen LogP contribution in [0.2, 0.25) is 0 Å². The van der Waals surface area contributed by atoms with Gasteiger partial charge in [-0.25, -0.2) is 0 Å². The van der Waals surface area contributed by atoms with Crippen molar-refractivity contribution >= 4 is 71.7 Å². The van der Waals surface area contributed by atoms with Gasteiger partial charge in [-0.05, 0) is 76.6 Å². The molecule has 0 fully saturated rings. The Balaban J connectivity index is 1.28. The van der Waals surface area contributed by atoms with Gasteiger partial charge in [-0.3, -0.25) is 9.97 Å². The third-order valence-electron chi connectivity index (χ3n) is 8.83. The molecule has 3 aromatic heterocycles. The Hall–Kier alpha value is -5.52. The molecule has 3 nitrogen and oxygen atoms in total. The SMILES string of the molecule is c1ccc(-c2cccc(B3c4ccccc4N(c4ccc5c(c4)sc4ccccc45)c4ccc(-c5ccccn5)cc43)c2)nc1. The summed E-state index contributed by atoms with van der Waals surface area (Å²) in [5.74, 6) is 0. The molecule has 0 N–H and O–H groups in total. The minimum atomic E-state index is 0.0350. The molecule has 0 atom stereocenters. The largest absolute Gasteiger partial charge is 0.311 e. The highest BCUT2D eigenvalue weighted by Gasteiger charge is 2.35. The van der Waals surface area contributed by atoms with Crippen molar-refractivity contribution in [2.75, 3.05) is 4.90 Å². The number of pyridine rings is 2. The second-order valence-corrected chi connectivity index (χ2v) is 12.5. The van der Waals surface area contributed by atoms with Crippen LogP contribution in [0.1, 0.15) is 0 Å². The minimum absolute atomic E-state index is 0.0350. The molecule has 0 saturated carbocycles. The first-order valence-electron chi connectivity index (χ1n) is 15.2. The monoisotopic (exact) mass is 591 g/mol. The first kappa shape index (κ1) is 25.9. The maximum Gasteiger partial charge on any atom is 0.246 e. The number of thiophene rings is 1. The number of anilines is 3. The van der Waals surface area contributed by atoms with Crippen molar-refractivity contribution in [3.8, 4) is 22.5 Å². The fraction of sp³-hybridized carbons (Fsp3) is 0. The molecule has 1 aliphatic heterocycles. The Labute approximate surface area is 266 Å². The fourth-order valence-corrected chi connectivity index (χ4v) is 7.96. The van der Waals surface area contributed by atoms with Gasteiger partial charge in [0.15, 0.2) is 0 Å². The summed E-state index contributed by atoms with van der Waals surface area (Å²) in [6, 6.07) is 52.4. The number of rotatable bonds is 4. The van der Waals surface area contributed by atoms with Crippen LogP contribution in [0.5, 0.6) is 0 Å². The molecular formula is C40H26BN3S. The molecule has 0 saturated heterocycles. The highest BCUT2D eigenvalue weighted by atomic mass is 32.1. The van der Waals surface area contributed by atoms with Crippen molar-refractivity contribution in [2.24, 2.45) is 0 Å². The molecule has 0 unspecified atom stereocenters. The Kier molecular flexibility index (Phi) is 6.10. The van der Waals surface area contributed by atoms with Gasteiger partial charge in [0.1, 0.15) is 0 Å². The van der Waals surface area contributed by atoms with Gasteiger partial charge in [-0.2, -0.15) is 0 Å². The van der Waals surface area contributed by atoms with E-state index in [4.69, 9.17) is 4.98 Å². The third kappa shape index (κ3) is 4.35. The average Bonchev–Trinajstić information content (AvgIpc) is 3.49. The number of para-hydroxylation sites is 1. The van der Waals surface area contributed by atoms with Crippen LogP contribution in [-0.4, -0.2) is 16.7 Å². The van der Waals surface area contributed by atoms with Crippen molar-refractivity contribution in [1.29, 1.82) is 0 Å². The standard InChI is InChI=1S/C40H26BN3S/c1-4-17-39-31(12-1)32-20-19-30(26-40(32)45-39)44-37-16-3-2-13-33(37)41(29-11-9-10-27(24-29)35-14-5-7-22-42-35)34-25-28(18-21-38(34)44)36-15-6-8-23-43-36/h1-26H. The first-order valence-corrected chi connectivity index (χ1v) is 16.0. The molecule has 9 rings (SSSR count). The van der Waals surface area contributed by atoms with E-state index in [0.717, 1.165) is 28.2 Å². The molecule has 5 aromatic carbocycles. The summed E-state index contributed by atoms with van der Waals surface area (Å²) in [6.07, 6.45) is 3.72. The van der Waals surface area contributed by atoms with E-state index in [0.29, 0.717) is 0 Å². The molecule has 0 amide bonds. The maximum atomic E-state index is 4.71. The average molecular weight is 592 g/mol. The lowest BCUT2D eigenvalue weighted by atomic mass is 9.35. The Morgan fingerprint density at radius 1 is 0.489 bits per heavy atom. The molecular weight excluding hydrogens is 565 g/mol. The van der Waals surface area contributed by atoms with Crippen molar-refractivity contribution in [1.82, 2.24) is 9.97 Å². The van der Waals surface area contributed by atoms with Crippen molar-refractivity contribution in [3.63, 3.8) is 0 Å². The zero-order chi connectivity index (χ0) is 29.7. The summed E-state index contributed by atoms with van der Waals surface area (Å²) in [5.41, 5.74) is 11.5. The van der Waals surface area contributed by atoms with Crippen molar-refractivity contribution < 1.29 is 0 Å². The second-order valence-electron chi connectivity index (χ2n) is 11.4. The minimum Gasteiger partial charge on any atom is -0.311 e. The molecule has 4 heterocycles. The number of aromatic nitrogens is 2. The molecule has 0 bridgehead atoms. The third-order valence-corrected chi connectivity index (χ3v) is 9.96. The van der Waals surface area contributed by atoms with E-state index in [9.17, 15) is 0 Å². The van der Waals surface area contributed by atoms with Crippen LogP contribution < -0.4 is 21.3 Å². The van der Waals surface area contributed by atoms with Gasteiger partial charge in [-0.1, -0.05) is 96.5 Å². The Morgan fingerprint density at radius 2 is 1.20 bits per heavy atom. The molecule has 45 heavy (non-hydrogen) atoms. The van der Waals surface area contributed by atoms with E-state index in [1.165, 1.54) is 47.9 Å². The van der Waals surface area contributed by atoms with Crippen LogP contribution in [0, 0.1) is 0 Å². The lowest BCUT2D eigenvalue weighted by Gasteiger charge is -2.37. The van der Waals surface area contributed by atoms with E-state index in [1.807, 2.05) is 41.9 Å². The smallest absolute Gasteiger partial charge is 0.246 e. The lowest BCUT2D eigenvalue weighted by Crippen LogP contribution is -2.57. The molecule has 0 spiro atoms. The quantitative estimate of drug-likeness (QED) is 0.192. The summed E-state index contributed by atoms with van der Waals surface area (Å²) in [7, 11) is 0. The van der Waals surface area contributed by atoms with Gasteiger partial charge in [-0.15, -0.1) is 11.3 Å². The Morgan fingerprint density at radius 3 is 2.02 bits per heavy atom. The van der Waals surface area contributed by atoms with Gasteiger partial charge < -0.3 is 4.90 Å². The Bertz CT molecular complexity index is 2350. The molecule has 210 valence electrons. The lowest BCUT2D eigenvalue weighted by molar-refractivity contribution is 1.29. The number of fused-ring (bicyclic) bond motifs is 5. The van der Waals surface area contributed by atoms with Crippen LogP contribution in [-0.2, 0) is 0 Å². The van der Waals surface area contributed by atoms with Crippen LogP contribution in [0.25, 0.3) is 42.7 Å². The summed E-state index contributed by atoms with van der Waals surface area (Å²) in [4.78, 5) is 11.8. The zero-order valence-electron chi connectivity index (χ0n) is 24.3. The summed E-state index contributed by atoms with van der Waals surface area (Å²) in [5, 5.41) is 2.62. The summed E-state index contributed by atoms with van der Waals surface area (Å²) >= 11 is 1.86. The van der Waals surface area contributed by atoms with Gasteiger partial charge in [0.2, 0.25) is 6.71 Å². The van der Waals surface area contributed by atoms with Crippen LogP contribution in [0.15, 0.2) is 158 Å². The van der Waals surface area contributed by atoms with E-state index in [2.05, 4.69) is 137 Å². The van der Waals surface area contributed by atoms with Crippen molar-refractivity contribution in [2.45, 2.75) is 0 Å². The van der Waals surface area contributed by atoms with Gasteiger partial charge in [0.05, 0.1) is 11.4 Å². The second kappa shape index (κ2) is 10.6. The molecule has 1 aliphatic rings. The summed E-state index contributed by atoms with van der Waals surface area (Å²) < 4.78 is 2.61. The van der Waals surface area contributed by atoms with Crippen LogP contribution >= 0.6 is 11.3 Å². The highest BCUT2D eigenvalue weighted by Crippen LogP contribution is 2.41. The maximum absolute atomic E-state index is 4.71. The summed E-state index contributed by atoms with van der Waals surface area (Å²) in [6.45, 7) is 0.0350. The number of hydrogen-bond donors (Lipinski definition) is 0. The van der Waals surface area contributed by atoms with E-state index >= 15 is 0 Å².